The Hall–Kier alpha value is -1.31. The van der Waals surface area contributed by atoms with Crippen LogP contribution in [0, 0.1) is 12.7 Å². The van der Waals surface area contributed by atoms with E-state index in [0.29, 0.717) is 32.2 Å². The van der Waals surface area contributed by atoms with E-state index in [1.54, 1.807) is 14.0 Å². The smallest absolute Gasteiger partial charge is 0.349 e. The van der Waals surface area contributed by atoms with Crippen molar-refractivity contribution in [3.63, 3.8) is 0 Å². The van der Waals surface area contributed by atoms with Crippen LogP contribution in [0.3, 0.4) is 0 Å². The molecule has 4 rings (SSSR count). The number of aromatic nitrogens is 2. The fourth-order valence-corrected chi connectivity index (χ4v) is 5.13. The molecule has 2 aliphatic rings. The van der Waals surface area contributed by atoms with Gasteiger partial charge in [-0.15, -0.1) is 11.8 Å². The van der Waals surface area contributed by atoms with Crippen molar-refractivity contribution >= 4 is 40.1 Å². The summed E-state index contributed by atoms with van der Waals surface area (Å²) in [5.41, 5.74) is 0.601. The number of likely N-dealkylation sites (N-methyl/N-ethyl adjacent to an activating group) is 1. The average molecular weight is 369 g/mol. The summed E-state index contributed by atoms with van der Waals surface area (Å²) in [4.78, 5) is 21.7. The van der Waals surface area contributed by atoms with Crippen molar-refractivity contribution in [2.45, 2.75) is 17.9 Å². The van der Waals surface area contributed by atoms with E-state index in [4.69, 9.17) is 11.6 Å². The van der Waals surface area contributed by atoms with Crippen LogP contribution in [0.15, 0.2) is 9.69 Å². The summed E-state index contributed by atoms with van der Waals surface area (Å²) in [6.45, 7) is 4.18. The minimum Gasteiger partial charge on any atom is -0.349 e. The van der Waals surface area contributed by atoms with E-state index in [-0.39, 0.29) is 17.5 Å². The number of piperazine rings is 1. The van der Waals surface area contributed by atoms with Crippen molar-refractivity contribution in [1.29, 1.82) is 0 Å². The van der Waals surface area contributed by atoms with Crippen LogP contribution in [-0.4, -0.2) is 52.9 Å². The molecule has 0 radical (unpaired) electrons. The van der Waals surface area contributed by atoms with Crippen molar-refractivity contribution in [2.75, 3.05) is 37.3 Å². The number of halogens is 2. The molecule has 2 aliphatic heterocycles. The predicted molar refractivity (Wildman–Crippen MR) is 96.0 cm³/mol. The number of hydrogen-bond acceptors (Lipinski definition) is 5. The average Bonchev–Trinajstić information content (AvgIpc) is 2.70. The fourth-order valence-electron chi connectivity index (χ4n) is 3.57. The van der Waals surface area contributed by atoms with E-state index >= 15 is 0 Å². The molecule has 0 amide bonds. The highest BCUT2D eigenvalue weighted by atomic mass is 35.5. The molecular weight excluding hydrogens is 351 g/mol. The Balaban J connectivity index is 2.11. The fraction of sp³-hybridized carbons (Fsp3) is 0.500. The second kappa shape index (κ2) is 5.61. The van der Waals surface area contributed by atoms with Crippen molar-refractivity contribution in [1.82, 2.24) is 14.5 Å². The highest BCUT2D eigenvalue weighted by molar-refractivity contribution is 7.99. The Morgan fingerprint density at radius 3 is 2.83 bits per heavy atom. The highest BCUT2D eigenvalue weighted by Gasteiger charge is 2.34. The van der Waals surface area contributed by atoms with Crippen LogP contribution >= 0.6 is 23.4 Å². The number of rotatable bonds is 0. The van der Waals surface area contributed by atoms with Gasteiger partial charge in [-0.05, 0) is 14.0 Å². The van der Waals surface area contributed by atoms with Gasteiger partial charge < -0.3 is 9.80 Å². The lowest BCUT2D eigenvalue weighted by Crippen LogP contribution is -2.53. The summed E-state index contributed by atoms with van der Waals surface area (Å²) in [5.74, 6) is 1.03. The molecule has 2 aromatic rings. The molecule has 0 bridgehead atoms. The number of anilines is 1. The maximum Gasteiger partial charge on any atom is 0.349 e. The molecule has 8 heteroatoms. The van der Waals surface area contributed by atoms with Gasteiger partial charge in [0.25, 0.3) is 0 Å². The first-order valence-electron chi connectivity index (χ1n) is 7.86. The lowest BCUT2D eigenvalue weighted by molar-refractivity contribution is 0.277. The minimum absolute atomic E-state index is 0.197. The zero-order chi connectivity index (χ0) is 17.2. The second-order valence-corrected chi connectivity index (χ2v) is 7.91. The Labute approximate surface area is 148 Å². The maximum atomic E-state index is 14.9. The van der Waals surface area contributed by atoms with E-state index in [1.807, 2.05) is 0 Å². The SMILES string of the molecule is Cc1c(F)c2c3c(nc(=O)n(C)c3c1Cl)N1CCN(C)CC1CS2. The number of benzene rings is 1. The third-order valence-corrected chi connectivity index (χ3v) is 6.64. The number of aryl methyl sites for hydroxylation is 1. The van der Waals surface area contributed by atoms with Crippen molar-refractivity contribution in [2.24, 2.45) is 7.05 Å². The van der Waals surface area contributed by atoms with Gasteiger partial charge in [-0.3, -0.25) is 4.57 Å². The largest absolute Gasteiger partial charge is 0.349 e. The first-order chi connectivity index (χ1) is 11.4. The van der Waals surface area contributed by atoms with Crippen LogP contribution in [0.25, 0.3) is 10.9 Å². The molecule has 1 unspecified atom stereocenters. The Bertz CT molecular complexity index is 916. The van der Waals surface area contributed by atoms with Gasteiger partial charge in [-0.25, -0.2) is 9.18 Å². The molecule has 0 saturated carbocycles. The summed E-state index contributed by atoms with van der Waals surface area (Å²) in [5, 5.41) is 0.963. The van der Waals surface area contributed by atoms with Crippen LogP contribution < -0.4 is 10.6 Å². The molecule has 0 spiro atoms. The van der Waals surface area contributed by atoms with Gasteiger partial charge in [0.1, 0.15) is 11.6 Å². The Kier molecular flexibility index (Phi) is 3.78. The van der Waals surface area contributed by atoms with Gasteiger partial charge in [0, 0.05) is 38.0 Å². The van der Waals surface area contributed by atoms with Crippen LogP contribution in [0.2, 0.25) is 5.02 Å². The molecule has 24 heavy (non-hydrogen) atoms. The minimum atomic E-state index is -0.360. The lowest BCUT2D eigenvalue weighted by Gasteiger charge is -2.39. The number of hydrogen-bond donors (Lipinski definition) is 0. The molecule has 1 aromatic heterocycles. The van der Waals surface area contributed by atoms with E-state index in [9.17, 15) is 9.18 Å². The zero-order valence-electron chi connectivity index (χ0n) is 13.8. The van der Waals surface area contributed by atoms with E-state index in [2.05, 4.69) is 21.8 Å². The topological polar surface area (TPSA) is 41.4 Å². The number of fused-ring (bicyclic) bond motifs is 2. The van der Waals surface area contributed by atoms with Crippen LogP contribution in [-0.2, 0) is 7.05 Å². The molecule has 3 heterocycles. The molecule has 1 fully saturated rings. The van der Waals surface area contributed by atoms with E-state index in [0.717, 1.165) is 25.4 Å². The summed E-state index contributed by atoms with van der Waals surface area (Å²) in [7, 11) is 3.72. The first-order valence-corrected chi connectivity index (χ1v) is 9.22. The van der Waals surface area contributed by atoms with Gasteiger partial charge >= 0.3 is 5.69 Å². The molecule has 128 valence electrons. The van der Waals surface area contributed by atoms with Gasteiger partial charge in [0.2, 0.25) is 0 Å². The van der Waals surface area contributed by atoms with E-state index in [1.165, 1.54) is 16.3 Å². The van der Waals surface area contributed by atoms with Crippen molar-refractivity contribution in [3.8, 4) is 0 Å². The van der Waals surface area contributed by atoms with Crippen LogP contribution in [0.5, 0.6) is 0 Å². The summed E-state index contributed by atoms with van der Waals surface area (Å²) < 4.78 is 16.3. The van der Waals surface area contributed by atoms with Crippen LogP contribution in [0.1, 0.15) is 5.56 Å². The lowest BCUT2D eigenvalue weighted by atomic mass is 10.1. The molecular formula is C16H18ClFN4OS. The molecule has 0 aliphatic carbocycles. The third-order valence-electron chi connectivity index (χ3n) is 4.96. The van der Waals surface area contributed by atoms with Gasteiger partial charge in [-0.2, -0.15) is 4.98 Å². The summed E-state index contributed by atoms with van der Waals surface area (Å²) >= 11 is 7.92. The maximum absolute atomic E-state index is 14.9. The number of nitrogens with zero attached hydrogens (tertiary/aromatic N) is 4. The Morgan fingerprint density at radius 2 is 2.08 bits per heavy atom. The highest BCUT2D eigenvalue weighted by Crippen LogP contribution is 2.44. The Morgan fingerprint density at radius 1 is 1.33 bits per heavy atom. The quantitative estimate of drug-likeness (QED) is 0.713. The van der Waals surface area contributed by atoms with Gasteiger partial charge in [0.05, 0.1) is 26.9 Å². The molecule has 1 atom stereocenters. The molecule has 5 nitrogen and oxygen atoms in total. The molecule has 0 N–H and O–H groups in total. The summed E-state index contributed by atoms with van der Waals surface area (Å²) in [6.07, 6.45) is 0. The predicted octanol–water partition coefficient (Wildman–Crippen LogP) is 2.26. The van der Waals surface area contributed by atoms with Crippen molar-refractivity contribution in [3.05, 3.63) is 26.9 Å². The molecule has 1 aromatic carbocycles. The third kappa shape index (κ3) is 2.18. The van der Waals surface area contributed by atoms with Gasteiger partial charge in [-0.1, -0.05) is 11.6 Å². The zero-order valence-corrected chi connectivity index (χ0v) is 15.3. The monoisotopic (exact) mass is 368 g/mol. The van der Waals surface area contributed by atoms with Crippen LogP contribution in [0.4, 0.5) is 10.2 Å². The number of thioether (sulfide) groups is 1. The van der Waals surface area contributed by atoms with Crippen molar-refractivity contribution < 1.29 is 4.39 Å². The second-order valence-electron chi connectivity index (χ2n) is 6.50. The molecule has 1 saturated heterocycles. The first kappa shape index (κ1) is 16.2. The summed E-state index contributed by atoms with van der Waals surface area (Å²) in [6, 6.07) is 0.197. The van der Waals surface area contributed by atoms with Gasteiger partial charge in [0.15, 0.2) is 0 Å². The normalized spacial score (nSPS) is 21.0. The standard InChI is InChI=1S/C16H18ClFN4OS/c1-8-11(17)13-10-14(12(8)18)24-7-9-6-20(2)4-5-22(9)15(10)19-16(23)21(13)3/h9H,4-7H2,1-3H3. The van der Waals surface area contributed by atoms with E-state index < -0.39 is 0 Å².